The zero-order valence-electron chi connectivity index (χ0n) is 10.0. The number of aromatic nitrogens is 1. The number of carboxylic acids is 1. The molecule has 0 unspecified atom stereocenters. The molecular weight excluding hydrogens is 252 g/mol. The molecule has 1 aliphatic rings. The fourth-order valence-corrected chi connectivity index (χ4v) is 2.74. The summed E-state index contributed by atoms with van der Waals surface area (Å²) in [5.41, 5.74) is 0.838. The first kappa shape index (κ1) is 12.9. The second kappa shape index (κ2) is 5.39. The lowest BCUT2D eigenvalue weighted by Gasteiger charge is -2.26. The van der Waals surface area contributed by atoms with Gasteiger partial charge >= 0.3 is 5.97 Å². The van der Waals surface area contributed by atoms with E-state index in [0.717, 1.165) is 24.6 Å². The van der Waals surface area contributed by atoms with Crippen LogP contribution >= 0.6 is 11.8 Å². The highest BCUT2D eigenvalue weighted by Gasteiger charge is 2.20. The van der Waals surface area contributed by atoms with E-state index in [0.29, 0.717) is 11.4 Å². The third kappa shape index (κ3) is 2.64. The van der Waals surface area contributed by atoms with Crippen LogP contribution in [0.5, 0.6) is 0 Å². The maximum Gasteiger partial charge on any atom is 0.337 e. The van der Waals surface area contributed by atoms with E-state index < -0.39 is 5.97 Å². The van der Waals surface area contributed by atoms with Gasteiger partial charge in [0.05, 0.1) is 11.3 Å². The summed E-state index contributed by atoms with van der Waals surface area (Å²) in [6, 6.07) is 2.93. The minimum absolute atomic E-state index is 0.115. The molecule has 0 aliphatic carbocycles. The van der Waals surface area contributed by atoms with Crippen LogP contribution in [-0.4, -0.2) is 51.5 Å². The topological polar surface area (TPSA) is 70.5 Å². The van der Waals surface area contributed by atoms with E-state index in [-0.39, 0.29) is 11.5 Å². The van der Waals surface area contributed by atoms with Crippen LogP contribution in [0, 0.1) is 6.92 Å². The van der Waals surface area contributed by atoms with Gasteiger partial charge in [0, 0.05) is 24.6 Å². The Morgan fingerprint density at radius 3 is 2.56 bits per heavy atom. The van der Waals surface area contributed by atoms with Crippen LogP contribution in [0.15, 0.2) is 12.1 Å². The van der Waals surface area contributed by atoms with Gasteiger partial charge in [0.2, 0.25) is 0 Å². The molecule has 1 saturated heterocycles. The van der Waals surface area contributed by atoms with Crippen molar-refractivity contribution in [2.75, 3.05) is 24.6 Å². The predicted octanol–water partition coefficient (Wildman–Crippen LogP) is 1.28. The highest BCUT2D eigenvalue weighted by atomic mass is 32.2. The third-order valence-corrected chi connectivity index (χ3v) is 3.78. The average molecular weight is 266 g/mol. The summed E-state index contributed by atoms with van der Waals surface area (Å²) in [5.74, 6) is 0.749. The van der Waals surface area contributed by atoms with Crippen molar-refractivity contribution >= 4 is 23.6 Å². The highest BCUT2D eigenvalue weighted by molar-refractivity contribution is 7.99. The van der Waals surface area contributed by atoms with E-state index in [1.807, 2.05) is 11.8 Å². The number of hydrogen-bond acceptors (Lipinski definition) is 4. The molecular formula is C12H14N2O3S. The number of nitrogens with zero attached hydrogens (tertiary/aromatic N) is 2. The molecule has 0 spiro atoms. The quantitative estimate of drug-likeness (QED) is 0.873. The Kier molecular flexibility index (Phi) is 3.86. The molecule has 1 aromatic rings. The Bertz CT molecular complexity index is 484. The maximum atomic E-state index is 12.1. The van der Waals surface area contributed by atoms with Crippen molar-refractivity contribution in [2.24, 2.45) is 0 Å². The molecule has 0 aromatic carbocycles. The molecule has 0 radical (unpaired) electrons. The monoisotopic (exact) mass is 266 g/mol. The van der Waals surface area contributed by atoms with E-state index in [2.05, 4.69) is 4.98 Å². The number of thioether (sulfide) groups is 1. The van der Waals surface area contributed by atoms with E-state index in [9.17, 15) is 9.59 Å². The summed E-state index contributed by atoms with van der Waals surface area (Å²) in [7, 11) is 0. The van der Waals surface area contributed by atoms with Crippen LogP contribution in [0.2, 0.25) is 0 Å². The van der Waals surface area contributed by atoms with Crippen LogP contribution in [-0.2, 0) is 0 Å². The number of aryl methyl sites for hydroxylation is 1. The van der Waals surface area contributed by atoms with Crippen LogP contribution in [0.1, 0.15) is 26.5 Å². The van der Waals surface area contributed by atoms with Gasteiger partial charge in [-0.05, 0) is 19.1 Å². The second-order valence-electron chi connectivity index (χ2n) is 4.04. The molecule has 1 fully saturated rings. The van der Waals surface area contributed by atoms with Gasteiger partial charge in [-0.25, -0.2) is 9.78 Å². The van der Waals surface area contributed by atoms with Gasteiger partial charge in [-0.3, -0.25) is 4.79 Å². The van der Waals surface area contributed by atoms with Crippen LogP contribution in [0.25, 0.3) is 0 Å². The van der Waals surface area contributed by atoms with E-state index in [1.54, 1.807) is 11.8 Å². The number of rotatable bonds is 2. The van der Waals surface area contributed by atoms with E-state index in [1.165, 1.54) is 12.1 Å². The number of hydrogen-bond donors (Lipinski definition) is 1. The zero-order valence-corrected chi connectivity index (χ0v) is 10.9. The first-order valence-corrected chi connectivity index (χ1v) is 6.83. The molecule has 0 atom stereocenters. The summed E-state index contributed by atoms with van der Waals surface area (Å²) in [6.45, 7) is 3.06. The zero-order chi connectivity index (χ0) is 13.1. The Hall–Kier alpha value is -1.56. The van der Waals surface area contributed by atoms with Gasteiger partial charge in [0.1, 0.15) is 5.69 Å². The molecule has 0 saturated carbocycles. The van der Waals surface area contributed by atoms with Crippen LogP contribution < -0.4 is 0 Å². The van der Waals surface area contributed by atoms with Crippen molar-refractivity contribution in [2.45, 2.75) is 6.92 Å². The fraction of sp³-hybridized carbons (Fsp3) is 0.417. The van der Waals surface area contributed by atoms with Gasteiger partial charge in [0.15, 0.2) is 0 Å². The second-order valence-corrected chi connectivity index (χ2v) is 5.26. The molecule has 18 heavy (non-hydrogen) atoms. The smallest absolute Gasteiger partial charge is 0.337 e. The lowest BCUT2D eigenvalue weighted by Crippen LogP contribution is -2.38. The Labute approximate surface area is 109 Å². The SMILES string of the molecule is Cc1nc(C(=O)N2CCSCC2)ccc1C(=O)O. The summed E-state index contributed by atoms with van der Waals surface area (Å²) < 4.78 is 0. The lowest BCUT2D eigenvalue weighted by atomic mass is 10.2. The van der Waals surface area contributed by atoms with Crippen molar-refractivity contribution in [3.05, 3.63) is 29.1 Å². The van der Waals surface area contributed by atoms with Crippen molar-refractivity contribution in [3.63, 3.8) is 0 Å². The predicted molar refractivity (Wildman–Crippen MR) is 69.2 cm³/mol. The van der Waals surface area contributed by atoms with Gasteiger partial charge < -0.3 is 10.0 Å². The Balaban J connectivity index is 2.20. The molecule has 6 heteroatoms. The molecule has 0 bridgehead atoms. The number of carboxylic acid groups (broad SMARTS) is 1. The largest absolute Gasteiger partial charge is 0.478 e. The number of carbonyl (C=O) groups excluding carboxylic acids is 1. The van der Waals surface area contributed by atoms with Crippen molar-refractivity contribution < 1.29 is 14.7 Å². The number of carbonyl (C=O) groups is 2. The Morgan fingerprint density at radius 1 is 1.33 bits per heavy atom. The Morgan fingerprint density at radius 2 is 2.00 bits per heavy atom. The van der Waals surface area contributed by atoms with Crippen molar-refractivity contribution in [1.82, 2.24) is 9.88 Å². The summed E-state index contributed by atoms with van der Waals surface area (Å²) in [6.07, 6.45) is 0. The molecule has 1 aromatic heterocycles. The molecule has 1 amide bonds. The van der Waals surface area contributed by atoms with Gasteiger partial charge in [0.25, 0.3) is 5.91 Å². The third-order valence-electron chi connectivity index (χ3n) is 2.83. The molecule has 2 rings (SSSR count). The highest BCUT2D eigenvalue weighted by Crippen LogP contribution is 2.13. The van der Waals surface area contributed by atoms with E-state index >= 15 is 0 Å². The lowest BCUT2D eigenvalue weighted by molar-refractivity contribution is 0.0692. The maximum absolute atomic E-state index is 12.1. The van der Waals surface area contributed by atoms with Gasteiger partial charge in [-0.1, -0.05) is 0 Å². The van der Waals surface area contributed by atoms with Crippen LogP contribution in [0.4, 0.5) is 0 Å². The molecule has 2 heterocycles. The van der Waals surface area contributed by atoms with Gasteiger partial charge in [-0.15, -0.1) is 0 Å². The van der Waals surface area contributed by atoms with Crippen LogP contribution in [0.3, 0.4) is 0 Å². The summed E-state index contributed by atoms with van der Waals surface area (Å²) in [5, 5.41) is 8.91. The van der Waals surface area contributed by atoms with Crippen molar-refractivity contribution in [3.8, 4) is 0 Å². The molecule has 1 N–H and O–H groups in total. The summed E-state index contributed by atoms with van der Waals surface area (Å²) in [4.78, 5) is 28.9. The molecule has 96 valence electrons. The first-order valence-electron chi connectivity index (χ1n) is 5.67. The number of aromatic carboxylic acids is 1. The fourth-order valence-electron chi connectivity index (χ4n) is 1.83. The minimum atomic E-state index is -1.02. The standard InChI is InChI=1S/C12H14N2O3S/c1-8-9(12(16)17)2-3-10(13-8)11(15)14-4-6-18-7-5-14/h2-3H,4-7H2,1H3,(H,16,17). The number of amides is 1. The summed E-state index contributed by atoms with van der Waals surface area (Å²) >= 11 is 1.83. The van der Waals surface area contributed by atoms with E-state index in [4.69, 9.17) is 5.11 Å². The minimum Gasteiger partial charge on any atom is -0.478 e. The molecule has 5 nitrogen and oxygen atoms in total. The van der Waals surface area contributed by atoms with Gasteiger partial charge in [-0.2, -0.15) is 11.8 Å². The number of pyridine rings is 1. The normalized spacial score (nSPS) is 15.5. The van der Waals surface area contributed by atoms with Crippen molar-refractivity contribution in [1.29, 1.82) is 0 Å². The first-order chi connectivity index (χ1) is 8.59. The molecule has 1 aliphatic heterocycles. The average Bonchev–Trinajstić information content (AvgIpc) is 2.38.